The Labute approximate surface area is 93.3 Å². The van der Waals surface area contributed by atoms with Crippen LogP contribution in [0.2, 0.25) is 0 Å². The van der Waals surface area contributed by atoms with Crippen molar-refractivity contribution >= 4 is 17.2 Å². The summed E-state index contributed by atoms with van der Waals surface area (Å²) in [6.07, 6.45) is 4.32. The molecule has 0 aliphatic heterocycles. The molecule has 1 amide bonds. The Morgan fingerprint density at radius 3 is 3.06 bits per heavy atom. The van der Waals surface area contributed by atoms with E-state index in [-0.39, 0.29) is 5.91 Å². The van der Waals surface area contributed by atoms with Gasteiger partial charge >= 0.3 is 0 Å². The summed E-state index contributed by atoms with van der Waals surface area (Å²) in [7, 11) is 0. The average Bonchev–Trinajstić information content (AvgIpc) is 2.68. The largest absolute Gasteiger partial charge is 0.398 e. The standard InChI is InChI=1S/C11H14N4O/c1-2-5-13-11(16)9-7-15-6-8(12)3-4-10(15)14-9/h3-4,6-7H,2,5,12H2,1H3,(H,13,16). The predicted octanol–water partition coefficient (Wildman–Crippen LogP) is 1.06. The zero-order valence-corrected chi connectivity index (χ0v) is 9.10. The molecule has 0 saturated carbocycles. The number of nitrogens with one attached hydrogen (secondary N) is 1. The first-order valence-corrected chi connectivity index (χ1v) is 5.23. The van der Waals surface area contributed by atoms with Gasteiger partial charge in [0.25, 0.3) is 5.91 Å². The van der Waals surface area contributed by atoms with E-state index in [2.05, 4.69) is 10.3 Å². The molecule has 5 nitrogen and oxygen atoms in total. The Bertz CT molecular complexity index is 518. The van der Waals surface area contributed by atoms with Crippen molar-refractivity contribution in [2.45, 2.75) is 13.3 Å². The first-order chi connectivity index (χ1) is 7.70. The molecule has 0 aliphatic rings. The second-order valence-corrected chi connectivity index (χ2v) is 3.61. The fraction of sp³-hybridized carbons (Fsp3) is 0.273. The molecule has 0 fully saturated rings. The quantitative estimate of drug-likeness (QED) is 0.809. The molecule has 2 aromatic rings. The van der Waals surface area contributed by atoms with Crippen LogP contribution in [0.4, 0.5) is 5.69 Å². The van der Waals surface area contributed by atoms with Crippen molar-refractivity contribution in [2.75, 3.05) is 12.3 Å². The lowest BCUT2D eigenvalue weighted by molar-refractivity contribution is 0.0949. The maximum absolute atomic E-state index is 11.6. The van der Waals surface area contributed by atoms with Crippen LogP contribution in [0, 0.1) is 0 Å². The molecule has 2 rings (SSSR count). The third kappa shape index (κ3) is 1.98. The number of nitrogens with zero attached hydrogens (tertiary/aromatic N) is 2. The van der Waals surface area contributed by atoms with Crippen LogP contribution >= 0.6 is 0 Å². The molecule has 84 valence electrons. The van der Waals surface area contributed by atoms with E-state index in [1.807, 2.05) is 6.92 Å². The van der Waals surface area contributed by atoms with Crippen molar-refractivity contribution in [1.29, 1.82) is 0 Å². The molecule has 2 heterocycles. The molecule has 2 aromatic heterocycles. The van der Waals surface area contributed by atoms with Gasteiger partial charge in [0.1, 0.15) is 11.3 Å². The summed E-state index contributed by atoms with van der Waals surface area (Å²) in [6.45, 7) is 2.67. The molecule has 0 aliphatic carbocycles. The second-order valence-electron chi connectivity index (χ2n) is 3.61. The number of nitrogen functional groups attached to an aromatic ring is 1. The summed E-state index contributed by atoms with van der Waals surface area (Å²) in [4.78, 5) is 15.8. The van der Waals surface area contributed by atoms with E-state index in [1.165, 1.54) is 0 Å². The van der Waals surface area contributed by atoms with E-state index in [0.29, 0.717) is 17.9 Å². The van der Waals surface area contributed by atoms with Crippen LogP contribution in [0.1, 0.15) is 23.8 Å². The van der Waals surface area contributed by atoms with Gasteiger partial charge in [0.2, 0.25) is 0 Å². The Morgan fingerprint density at radius 1 is 1.50 bits per heavy atom. The second kappa shape index (κ2) is 4.22. The summed E-state index contributed by atoms with van der Waals surface area (Å²) in [5.41, 5.74) is 7.42. The average molecular weight is 218 g/mol. The van der Waals surface area contributed by atoms with E-state index in [9.17, 15) is 4.79 Å². The van der Waals surface area contributed by atoms with E-state index < -0.39 is 0 Å². The summed E-state index contributed by atoms with van der Waals surface area (Å²) in [5.74, 6) is -0.149. The van der Waals surface area contributed by atoms with Gasteiger partial charge in [0, 0.05) is 24.6 Å². The first kappa shape index (κ1) is 10.5. The normalized spacial score (nSPS) is 10.6. The number of imidazole rings is 1. The lowest BCUT2D eigenvalue weighted by Gasteiger charge is -1.98. The highest BCUT2D eigenvalue weighted by atomic mass is 16.1. The molecule has 0 spiro atoms. The van der Waals surface area contributed by atoms with Gasteiger partial charge in [-0.25, -0.2) is 4.98 Å². The van der Waals surface area contributed by atoms with Crippen LogP contribution in [0.15, 0.2) is 24.5 Å². The number of nitrogens with two attached hydrogens (primary N) is 1. The zero-order valence-electron chi connectivity index (χ0n) is 9.10. The van der Waals surface area contributed by atoms with Crippen molar-refractivity contribution in [3.05, 3.63) is 30.2 Å². The molecule has 0 unspecified atom stereocenters. The number of hydrogen-bond acceptors (Lipinski definition) is 3. The van der Waals surface area contributed by atoms with E-state index in [1.54, 1.807) is 28.9 Å². The van der Waals surface area contributed by atoms with Crippen molar-refractivity contribution in [1.82, 2.24) is 14.7 Å². The number of rotatable bonds is 3. The number of amides is 1. The minimum atomic E-state index is -0.149. The highest BCUT2D eigenvalue weighted by Gasteiger charge is 2.09. The lowest BCUT2D eigenvalue weighted by Crippen LogP contribution is -2.24. The van der Waals surface area contributed by atoms with Crippen LogP contribution in [0.5, 0.6) is 0 Å². The van der Waals surface area contributed by atoms with Crippen molar-refractivity contribution in [3.63, 3.8) is 0 Å². The minimum Gasteiger partial charge on any atom is -0.398 e. The molecule has 0 radical (unpaired) electrons. The molecule has 0 bridgehead atoms. The highest BCUT2D eigenvalue weighted by molar-refractivity contribution is 5.92. The SMILES string of the molecule is CCCNC(=O)c1cn2cc(N)ccc2n1. The summed E-state index contributed by atoms with van der Waals surface area (Å²) < 4.78 is 1.75. The lowest BCUT2D eigenvalue weighted by atomic mass is 10.4. The number of fused-ring (bicyclic) bond motifs is 1. The fourth-order valence-electron chi connectivity index (χ4n) is 1.45. The topological polar surface area (TPSA) is 72.4 Å². The Balaban J connectivity index is 2.28. The minimum absolute atomic E-state index is 0.149. The summed E-state index contributed by atoms with van der Waals surface area (Å²) >= 11 is 0. The molecule has 0 atom stereocenters. The van der Waals surface area contributed by atoms with Gasteiger partial charge in [0.15, 0.2) is 0 Å². The van der Waals surface area contributed by atoms with Gasteiger partial charge in [0.05, 0.1) is 0 Å². The molecule has 5 heteroatoms. The predicted molar refractivity (Wildman–Crippen MR) is 62.2 cm³/mol. The summed E-state index contributed by atoms with van der Waals surface area (Å²) in [5, 5.41) is 2.78. The van der Waals surface area contributed by atoms with E-state index >= 15 is 0 Å². The highest BCUT2D eigenvalue weighted by Crippen LogP contribution is 2.08. The molecular weight excluding hydrogens is 204 g/mol. The number of carbonyl (C=O) groups is 1. The third-order valence-corrected chi connectivity index (χ3v) is 2.24. The molecule has 16 heavy (non-hydrogen) atoms. The van der Waals surface area contributed by atoms with Gasteiger partial charge < -0.3 is 15.5 Å². The summed E-state index contributed by atoms with van der Waals surface area (Å²) in [6, 6.07) is 3.54. The van der Waals surface area contributed by atoms with E-state index in [0.717, 1.165) is 12.1 Å². The molecule has 0 aromatic carbocycles. The monoisotopic (exact) mass is 218 g/mol. The Morgan fingerprint density at radius 2 is 2.31 bits per heavy atom. The number of carbonyl (C=O) groups excluding carboxylic acids is 1. The van der Waals surface area contributed by atoms with Gasteiger partial charge in [-0.1, -0.05) is 6.92 Å². The molecular formula is C11H14N4O. The number of aromatic nitrogens is 2. The number of pyridine rings is 1. The smallest absolute Gasteiger partial charge is 0.271 e. The molecule has 0 saturated heterocycles. The van der Waals surface area contributed by atoms with Crippen LogP contribution < -0.4 is 11.1 Å². The molecule has 3 N–H and O–H groups in total. The maximum atomic E-state index is 11.6. The Kier molecular flexibility index (Phi) is 2.76. The third-order valence-electron chi connectivity index (χ3n) is 2.24. The fourth-order valence-corrected chi connectivity index (χ4v) is 1.45. The Hall–Kier alpha value is -2.04. The zero-order chi connectivity index (χ0) is 11.5. The van der Waals surface area contributed by atoms with Crippen LogP contribution in [-0.2, 0) is 0 Å². The van der Waals surface area contributed by atoms with Crippen molar-refractivity contribution < 1.29 is 4.79 Å². The van der Waals surface area contributed by atoms with E-state index in [4.69, 9.17) is 5.73 Å². The van der Waals surface area contributed by atoms with Gasteiger partial charge in [-0.2, -0.15) is 0 Å². The van der Waals surface area contributed by atoms with Gasteiger partial charge in [-0.05, 0) is 18.6 Å². The number of anilines is 1. The number of hydrogen-bond donors (Lipinski definition) is 2. The first-order valence-electron chi connectivity index (χ1n) is 5.23. The van der Waals surface area contributed by atoms with Crippen LogP contribution in [0.25, 0.3) is 5.65 Å². The maximum Gasteiger partial charge on any atom is 0.271 e. The van der Waals surface area contributed by atoms with Crippen molar-refractivity contribution in [3.8, 4) is 0 Å². The van der Waals surface area contributed by atoms with Crippen LogP contribution in [-0.4, -0.2) is 21.8 Å². The van der Waals surface area contributed by atoms with Crippen LogP contribution in [0.3, 0.4) is 0 Å². The van der Waals surface area contributed by atoms with Crippen molar-refractivity contribution in [2.24, 2.45) is 0 Å². The van der Waals surface area contributed by atoms with Gasteiger partial charge in [-0.3, -0.25) is 4.79 Å². The van der Waals surface area contributed by atoms with Gasteiger partial charge in [-0.15, -0.1) is 0 Å².